The normalized spacial score (nSPS) is 30.0. The molecule has 4 heteroatoms. The zero-order chi connectivity index (χ0) is 9.90. The van der Waals surface area contributed by atoms with Crippen LogP contribution in [0.25, 0.3) is 0 Å². The van der Waals surface area contributed by atoms with E-state index in [1.165, 1.54) is 0 Å². The van der Waals surface area contributed by atoms with Gasteiger partial charge in [0.05, 0.1) is 4.87 Å². The molecule has 3 N–H and O–H groups in total. The second-order valence-corrected chi connectivity index (χ2v) is 4.32. The van der Waals surface area contributed by atoms with Crippen LogP contribution in [0, 0.1) is 0 Å². The monoisotopic (exact) mass is 220 g/mol. The van der Waals surface area contributed by atoms with E-state index in [-0.39, 0.29) is 6.04 Å². The lowest BCUT2D eigenvalue weighted by Gasteiger charge is -2.32. The number of alkyl halides is 1. The van der Waals surface area contributed by atoms with Crippen LogP contribution in [0.15, 0.2) is 23.3 Å². The van der Waals surface area contributed by atoms with Crippen molar-refractivity contribution in [2.75, 3.05) is 0 Å². The Bertz CT molecular complexity index is 234. The number of rotatable bonds is 3. The SMILES string of the molecule is CCC(NN)C1(Cl)C=CC(Cl)=CC1. The van der Waals surface area contributed by atoms with Crippen molar-refractivity contribution in [3.8, 4) is 0 Å². The van der Waals surface area contributed by atoms with Crippen LogP contribution in [0.1, 0.15) is 19.8 Å². The molecule has 0 aromatic carbocycles. The lowest BCUT2D eigenvalue weighted by atomic mass is 9.90. The summed E-state index contributed by atoms with van der Waals surface area (Å²) in [5, 5.41) is 0.739. The van der Waals surface area contributed by atoms with Crippen LogP contribution in [0.4, 0.5) is 0 Å². The highest BCUT2D eigenvalue weighted by atomic mass is 35.5. The number of allylic oxidation sites excluding steroid dienone is 3. The molecule has 1 aliphatic rings. The zero-order valence-electron chi connectivity index (χ0n) is 7.56. The summed E-state index contributed by atoms with van der Waals surface area (Å²) in [7, 11) is 0. The smallest absolute Gasteiger partial charge is 0.0830 e. The number of hydrogen-bond acceptors (Lipinski definition) is 2. The minimum absolute atomic E-state index is 0.0754. The average molecular weight is 221 g/mol. The van der Waals surface area contributed by atoms with Crippen LogP contribution < -0.4 is 11.3 Å². The molecule has 0 aromatic heterocycles. The first-order valence-electron chi connectivity index (χ1n) is 4.32. The Hall–Kier alpha value is -0.0200. The maximum absolute atomic E-state index is 6.37. The van der Waals surface area contributed by atoms with Gasteiger partial charge < -0.3 is 0 Å². The van der Waals surface area contributed by atoms with E-state index in [0.717, 1.165) is 11.5 Å². The second kappa shape index (κ2) is 4.47. The van der Waals surface area contributed by atoms with Crippen molar-refractivity contribution in [2.24, 2.45) is 5.84 Å². The fourth-order valence-electron chi connectivity index (χ4n) is 1.46. The molecule has 0 heterocycles. The van der Waals surface area contributed by atoms with Crippen LogP contribution in [0.5, 0.6) is 0 Å². The van der Waals surface area contributed by atoms with Crippen molar-refractivity contribution < 1.29 is 0 Å². The van der Waals surface area contributed by atoms with Crippen LogP contribution >= 0.6 is 23.2 Å². The Morgan fingerprint density at radius 2 is 2.46 bits per heavy atom. The number of nitrogens with one attached hydrogen (secondary N) is 1. The minimum Gasteiger partial charge on any atom is -0.271 e. The topological polar surface area (TPSA) is 38.0 Å². The predicted molar refractivity (Wildman–Crippen MR) is 57.7 cm³/mol. The van der Waals surface area contributed by atoms with Crippen molar-refractivity contribution >= 4 is 23.2 Å². The van der Waals surface area contributed by atoms with Gasteiger partial charge in [-0.15, -0.1) is 11.6 Å². The van der Waals surface area contributed by atoms with Gasteiger partial charge in [0.25, 0.3) is 0 Å². The second-order valence-electron chi connectivity index (χ2n) is 3.18. The molecule has 0 aliphatic heterocycles. The van der Waals surface area contributed by atoms with Gasteiger partial charge in [-0.3, -0.25) is 11.3 Å². The van der Waals surface area contributed by atoms with Gasteiger partial charge in [0, 0.05) is 11.1 Å². The summed E-state index contributed by atoms with van der Waals surface area (Å²) in [6.45, 7) is 2.04. The molecule has 13 heavy (non-hydrogen) atoms. The van der Waals surface area contributed by atoms with Gasteiger partial charge in [-0.2, -0.15) is 0 Å². The third-order valence-electron chi connectivity index (χ3n) is 2.32. The third-order valence-corrected chi connectivity index (χ3v) is 3.14. The van der Waals surface area contributed by atoms with Gasteiger partial charge in [0.15, 0.2) is 0 Å². The van der Waals surface area contributed by atoms with Gasteiger partial charge >= 0.3 is 0 Å². The lowest BCUT2D eigenvalue weighted by molar-refractivity contribution is 0.429. The molecule has 0 fully saturated rings. The molecule has 2 unspecified atom stereocenters. The summed E-state index contributed by atoms with van der Waals surface area (Å²) >= 11 is 12.2. The van der Waals surface area contributed by atoms with Crippen LogP contribution in [0.3, 0.4) is 0 Å². The number of nitrogens with two attached hydrogens (primary N) is 1. The molecule has 0 spiro atoms. The van der Waals surface area contributed by atoms with Gasteiger partial charge in [0.1, 0.15) is 0 Å². The molecule has 2 atom stereocenters. The summed E-state index contributed by atoms with van der Waals surface area (Å²) in [5.74, 6) is 5.41. The quantitative estimate of drug-likeness (QED) is 0.436. The molecule has 0 amide bonds. The van der Waals surface area contributed by atoms with Crippen LogP contribution in [0.2, 0.25) is 0 Å². The van der Waals surface area contributed by atoms with Gasteiger partial charge in [-0.05, 0) is 18.9 Å². The molecule has 1 rings (SSSR count). The van der Waals surface area contributed by atoms with E-state index in [2.05, 4.69) is 5.43 Å². The standard InChI is InChI=1S/C9H14Cl2N2/c1-2-8(13-12)9(11)5-3-7(10)4-6-9/h3-5,8,13H,2,6,12H2,1H3. The molecule has 0 radical (unpaired) electrons. The van der Waals surface area contributed by atoms with Gasteiger partial charge in [-0.25, -0.2) is 0 Å². The van der Waals surface area contributed by atoms with E-state index in [9.17, 15) is 0 Å². The Morgan fingerprint density at radius 3 is 2.85 bits per heavy atom. The van der Waals surface area contributed by atoms with E-state index >= 15 is 0 Å². The fraction of sp³-hybridized carbons (Fsp3) is 0.556. The number of halogens is 2. The van der Waals surface area contributed by atoms with Crippen molar-refractivity contribution in [3.05, 3.63) is 23.3 Å². The molecular formula is C9H14Cl2N2. The van der Waals surface area contributed by atoms with Crippen molar-refractivity contribution in [2.45, 2.75) is 30.7 Å². The van der Waals surface area contributed by atoms with Crippen molar-refractivity contribution in [1.82, 2.24) is 5.43 Å². The summed E-state index contributed by atoms with van der Waals surface area (Å²) < 4.78 is 0. The first-order valence-corrected chi connectivity index (χ1v) is 5.08. The molecule has 1 aliphatic carbocycles. The maximum Gasteiger partial charge on any atom is 0.0830 e. The highest BCUT2D eigenvalue weighted by molar-refractivity contribution is 6.32. The van der Waals surface area contributed by atoms with E-state index in [1.807, 2.05) is 25.2 Å². The molecule has 0 bridgehead atoms. The zero-order valence-corrected chi connectivity index (χ0v) is 9.07. The highest BCUT2D eigenvalue weighted by Crippen LogP contribution is 2.33. The number of hydrazine groups is 1. The summed E-state index contributed by atoms with van der Waals surface area (Å²) in [6.07, 6.45) is 7.24. The largest absolute Gasteiger partial charge is 0.271 e. The lowest BCUT2D eigenvalue weighted by Crippen LogP contribution is -2.48. The molecule has 2 nitrogen and oxygen atoms in total. The van der Waals surface area contributed by atoms with E-state index < -0.39 is 4.87 Å². The fourth-order valence-corrected chi connectivity index (χ4v) is 1.96. The third kappa shape index (κ3) is 2.47. The first-order chi connectivity index (χ1) is 6.12. The van der Waals surface area contributed by atoms with E-state index in [4.69, 9.17) is 29.0 Å². The van der Waals surface area contributed by atoms with Crippen molar-refractivity contribution in [1.29, 1.82) is 0 Å². The summed E-state index contributed by atoms with van der Waals surface area (Å²) in [4.78, 5) is -0.429. The minimum atomic E-state index is -0.429. The van der Waals surface area contributed by atoms with Crippen molar-refractivity contribution in [3.63, 3.8) is 0 Å². The molecule has 0 aromatic rings. The van der Waals surface area contributed by atoms with E-state index in [0.29, 0.717) is 6.42 Å². The Balaban J connectivity index is 2.73. The Morgan fingerprint density at radius 1 is 1.77 bits per heavy atom. The van der Waals surface area contributed by atoms with Crippen LogP contribution in [-0.2, 0) is 0 Å². The Labute approximate surface area is 88.7 Å². The summed E-state index contributed by atoms with van der Waals surface area (Å²) in [5.41, 5.74) is 2.72. The average Bonchev–Trinajstić information content (AvgIpc) is 2.13. The Kier molecular flexibility index (Phi) is 3.80. The first kappa shape index (κ1) is 11.1. The molecule has 0 saturated carbocycles. The number of hydrogen-bond donors (Lipinski definition) is 2. The van der Waals surface area contributed by atoms with E-state index in [1.54, 1.807) is 0 Å². The highest BCUT2D eigenvalue weighted by Gasteiger charge is 2.33. The predicted octanol–water partition coefficient (Wildman–Crippen LogP) is 2.29. The maximum atomic E-state index is 6.37. The van der Waals surface area contributed by atoms with Crippen LogP contribution in [-0.4, -0.2) is 10.9 Å². The summed E-state index contributed by atoms with van der Waals surface area (Å²) in [6, 6.07) is 0.0754. The molecular weight excluding hydrogens is 207 g/mol. The molecule has 0 saturated heterocycles. The van der Waals surface area contributed by atoms with Gasteiger partial charge in [0.2, 0.25) is 0 Å². The van der Waals surface area contributed by atoms with Gasteiger partial charge in [-0.1, -0.05) is 30.7 Å². The molecule has 74 valence electrons.